The number of nitrogens with one attached hydrogen (secondary N) is 1. The van der Waals surface area contributed by atoms with Gasteiger partial charge in [0.25, 0.3) is 5.91 Å². The Bertz CT molecular complexity index is 689. The molecule has 0 aliphatic heterocycles. The quantitative estimate of drug-likeness (QED) is 0.817. The van der Waals surface area contributed by atoms with Crippen molar-refractivity contribution in [3.8, 4) is 5.69 Å². The Hall–Kier alpha value is -2.76. The fourth-order valence-corrected chi connectivity index (χ4v) is 2.15. The number of carbonyl (C=O) groups excluding carboxylic acids is 3. The van der Waals surface area contributed by atoms with Gasteiger partial charge in [-0.2, -0.15) is 5.10 Å². The monoisotopic (exact) mass is 299 g/mol. The average Bonchev–Trinajstić information content (AvgIpc) is 2.85. The minimum atomic E-state index is -0.791. The molecule has 114 valence electrons. The van der Waals surface area contributed by atoms with Crippen molar-refractivity contribution in [3.05, 3.63) is 47.3 Å². The number of benzene rings is 1. The Morgan fingerprint density at radius 2 is 1.95 bits per heavy atom. The fourth-order valence-electron chi connectivity index (χ4n) is 2.15. The largest absolute Gasteiger partial charge is 0.342 e. The first-order valence-electron chi connectivity index (χ1n) is 6.88. The highest BCUT2D eigenvalue weighted by Crippen LogP contribution is 2.13. The topological polar surface area (TPSA) is 81.1 Å². The van der Waals surface area contributed by atoms with E-state index in [1.54, 1.807) is 28.9 Å². The smallest absolute Gasteiger partial charge is 0.251 e. The summed E-state index contributed by atoms with van der Waals surface area (Å²) in [4.78, 5) is 33.2. The van der Waals surface area contributed by atoms with E-state index in [2.05, 4.69) is 10.4 Å². The van der Waals surface area contributed by atoms with Gasteiger partial charge in [-0.15, -0.1) is 0 Å². The van der Waals surface area contributed by atoms with Crippen molar-refractivity contribution in [3.63, 3.8) is 0 Å². The third-order valence-corrected chi connectivity index (χ3v) is 3.21. The first-order chi connectivity index (χ1) is 10.5. The third kappa shape index (κ3) is 3.46. The summed E-state index contributed by atoms with van der Waals surface area (Å²) in [7, 11) is 0. The van der Waals surface area contributed by atoms with Crippen LogP contribution in [0, 0.1) is 13.8 Å². The summed E-state index contributed by atoms with van der Waals surface area (Å²) in [5.74, 6) is -0.390. The maximum atomic E-state index is 12.0. The van der Waals surface area contributed by atoms with Gasteiger partial charge in [0.15, 0.2) is 0 Å². The lowest BCUT2D eigenvalue weighted by Crippen LogP contribution is -2.36. The highest BCUT2D eigenvalue weighted by Gasteiger charge is 2.13. The Kier molecular flexibility index (Phi) is 4.83. The van der Waals surface area contributed by atoms with E-state index >= 15 is 0 Å². The summed E-state index contributed by atoms with van der Waals surface area (Å²) in [5, 5.41) is 6.87. The molecule has 1 amide bonds. The van der Waals surface area contributed by atoms with Gasteiger partial charge in [-0.1, -0.05) is 0 Å². The number of amides is 1. The summed E-state index contributed by atoms with van der Waals surface area (Å²) in [5.41, 5.74) is 3.19. The summed E-state index contributed by atoms with van der Waals surface area (Å²) in [6.07, 6.45) is 1.13. The van der Waals surface area contributed by atoms with Crippen LogP contribution < -0.4 is 5.32 Å². The van der Waals surface area contributed by atoms with Gasteiger partial charge in [0.05, 0.1) is 17.4 Å². The zero-order valence-electron chi connectivity index (χ0n) is 12.4. The summed E-state index contributed by atoms with van der Waals surface area (Å²) in [6.45, 7) is 3.87. The molecule has 0 spiro atoms. The lowest BCUT2D eigenvalue weighted by molar-refractivity contribution is -0.113. The van der Waals surface area contributed by atoms with Crippen molar-refractivity contribution >= 4 is 18.5 Å². The van der Waals surface area contributed by atoms with E-state index < -0.39 is 6.04 Å². The first-order valence-corrected chi connectivity index (χ1v) is 6.88. The molecule has 6 heteroatoms. The number of hydrogen-bond donors (Lipinski definition) is 1. The molecule has 0 fully saturated rings. The van der Waals surface area contributed by atoms with Gasteiger partial charge in [-0.05, 0) is 44.2 Å². The zero-order valence-corrected chi connectivity index (χ0v) is 12.4. The van der Waals surface area contributed by atoms with Crippen LogP contribution in [0.15, 0.2) is 30.3 Å². The first kappa shape index (κ1) is 15.6. The van der Waals surface area contributed by atoms with Gasteiger partial charge in [0.2, 0.25) is 0 Å². The van der Waals surface area contributed by atoms with E-state index in [0.29, 0.717) is 18.1 Å². The van der Waals surface area contributed by atoms with Gasteiger partial charge < -0.3 is 14.9 Å². The lowest BCUT2D eigenvalue weighted by Gasteiger charge is -2.10. The second-order valence-electron chi connectivity index (χ2n) is 5.00. The Morgan fingerprint density at radius 3 is 2.45 bits per heavy atom. The van der Waals surface area contributed by atoms with Gasteiger partial charge in [-0.3, -0.25) is 4.79 Å². The Labute approximate surface area is 128 Å². The van der Waals surface area contributed by atoms with Crippen LogP contribution in [0.5, 0.6) is 0 Å². The lowest BCUT2D eigenvalue weighted by atomic mass is 10.1. The fraction of sp³-hybridized carbons (Fsp3) is 0.250. The molecule has 2 aromatic rings. The predicted octanol–water partition coefficient (Wildman–Crippen LogP) is 1.38. The number of rotatable bonds is 6. The molecular formula is C16H17N3O3. The maximum Gasteiger partial charge on any atom is 0.251 e. The molecule has 0 radical (unpaired) electrons. The maximum absolute atomic E-state index is 12.0. The van der Waals surface area contributed by atoms with Gasteiger partial charge in [-0.25, -0.2) is 4.68 Å². The van der Waals surface area contributed by atoms with Crippen LogP contribution in [0.2, 0.25) is 0 Å². The minimum Gasteiger partial charge on any atom is -0.342 e. The van der Waals surface area contributed by atoms with Crippen LogP contribution >= 0.6 is 0 Å². The van der Waals surface area contributed by atoms with Crippen molar-refractivity contribution in [2.24, 2.45) is 0 Å². The van der Waals surface area contributed by atoms with Gasteiger partial charge in [0.1, 0.15) is 12.6 Å². The number of hydrogen-bond acceptors (Lipinski definition) is 4. The molecular weight excluding hydrogens is 282 g/mol. The van der Waals surface area contributed by atoms with Crippen molar-refractivity contribution < 1.29 is 14.4 Å². The number of nitrogens with zero attached hydrogens (tertiary/aromatic N) is 2. The molecule has 1 aromatic heterocycles. The van der Waals surface area contributed by atoms with Gasteiger partial charge >= 0.3 is 0 Å². The van der Waals surface area contributed by atoms with E-state index in [9.17, 15) is 14.4 Å². The minimum absolute atomic E-state index is 0.0287. The predicted molar refractivity (Wildman–Crippen MR) is 81.0 cm³/mol. The molecule has 1 N–H and O–H groups in total. The van der Waals surface area contributed by atoms with Crippen LogP contribution in [0.1, 0.15) is 28.2 Å². The average molecular weight is 299 g/mol. The van der Waals surface area contributed by atoms with Crippen LogP contribution in [-0.4, -0.2) is 34.3 Å². The molecule has 2 rings (SSSR count). The molecule has 22 heavy (non-hydrogen) atoms. The molecule has 0 aliphatic carbocycles. The summed E-state index contributed by atoms with van der Waals surface area (Å²) >= 11 is 0. The van der Waals surface area contributed by atoms with Crippen molar-refractivity contribution in [2.75, 3.05) is 0 Å². The normalized spacial score (nSPS) is 11.7. The van der Waals surface area contributed by atoms with E-state index in [0.717, 1.165) is 17.1 Å². The van der Waals surface area contributed by atoms with E-state index in [1.165, 1.54) is 0 Å². The van der Waals surface area contributed by atoms with Crippen LogP contribution in [-0.2, 0) is 9.59 Å². The molecule has 0 bridgehead atoms. The van der Waals surface area contributed by atoms with Crippen molar-refractivity contribution in [1.82, 2.24) is 15.1 Å². The van der Waals surface area contributed by atoms with Crippen molar-refractivity contribution in [1.29, 1.82) is 0 Å². The van der Waals surface area contributed by atoms with E-state index in [-0.39, 0.29) is 12.3 Å². The second kappa shape index (κ2) is 6.80. The van der Waals surface area contributed by atoms with Crippen LogP contribution in [0.4, 0.5) is 0 Å². The standard InChI is InChI=1S/C16H17N3O3/c1-11-9-12(2)19(18-11)15-5-3-13(4-6-15)16(22)17-14(10-21)7-8-20/h3-6,8-10,14H,7H2,1-2H3,(H,17,22). The molecule has 1 atom stereocenters. The SMILES string of the molecule is Cc1cc(C)n(-c2ccc(C(=O)NC(C=O)CC=O)cc2)n1. The Balaban J connectivity index is 2.14. The number of carbonyl (C=O) groups is 3. The van der Waals surface area contributed by atoms with Crippen molar-refractivity contribution in [2.45, 2.75) is 26.3 Å². The molecule has 0 saturated carbocycles. The van der Waals surface area contributed by atoms with E-state index in [4.69, 9.17) is 0 Å². The highest BCUT2D eigenvalue weighted by molar-refractivity contribution is 5.96. The number of aldehydes is 2. The molecule has 6 nitrogen and oxygen atoms in total. The van der Waals surface area contributed by atoms with Crippen LogP contribution in [0.3, 0.4) is 0 Å². The number of aryl methyl sites for hydroxylation is 2. The molecule has 0 aliphatic rings. The zero-order chi connectivity index (χ0) is 16.1. The Morgan fingerprint density at radius 1 is 1.27 bits per heavy atom. The summed E-state index contributed by atoms with van der Waals surface area (Å²) < 4.78 is 1.79. The van der Waals surface area contributed by atoms with E-state index in [1.807, 2.05) is 19.9 Å². The van der Waals surface area contributed by atoms with Gasteiger partial charge in [0, 0.05) is 17.7 Å². The third-order valence-electron chi connectivity index (χ3n) is 3.21. The molecule has 1 unspecified atom stereocenters. The molecule has 0 saturated heterocycles. The van der Waals surface area contributed by atoms with Crippen LogP contribution in [0.25, 0.3) is 5.69 Å². The number of aromatic nitrogens is 2. The summed E-state index contributed by atoms with van der Waals surface area (Å²) in [6, 6.07) is 8.05. The second-order valence-corrected chi connectivity index (χ2v) is 5.00. The highest BCUT2D eigenvalue weighted by atomic mass is 16.2. The molecule has 1 aromatic carbocycles. The molecule has 1 heterocycles.